The van der Waals surface area contributed by atoms with Gasteiger partial charge in [-0.05, 0) is 62.4 Å². The molecule has 0 saturated heterocycles. The Balaban J connectivity index is 1.53. The van der Waals surface area contributed by atoms with Crippen molar-refractivity contribution in [3.63, 3.8) is 0 Å². The van der Waals surface area contributed by atoms with Gasteiger partial charge in [0.2, 0.25) is 0 Å². The maximum absolute atomic E-state index is 5.80. The predicted molar refractivity (Wildman–Crippen MR) is 110 cm³/mol. The van der Waals surface area contributed by atoms with E-state index in [2.05, 4.69) is 34.6 Å². The topological polar surface area (TPSA) is 79.6 Å². The molecule has 0 amide bonds. The van der Waals surface area contributed by atoms with Gasteiger partial charge in [-0.1, -0.05) is 24.6 Å². The number of aryl methyl sites for hydroxylation is 1. The molecule has 1 aromatic carbocycles. The number of nitrogens with one attached hydrogen (secondary N) is 2. The lowest BCUT2D eigenvalue weighted by Gasteiger charge is -2.25. The van der Waals surface area contributed by atoms with E-state index in [0.29, 0.717) is 12.1 Å². The second-order valence-corrected chi connectivity index (χ2v) is 7.55. The van der Waals surface area contributed by atoms with Gasteiger partial charge >= 0.3 is 0 Å². The van der Waals surface area contributed by atoms with Crippen LogP contribution in [-0.4, -0.2) is 27.5 Å². The quantitative estimate of drug-likeness (QED) is 0.560. The highest BCUT2D eigenvalue weighted by Crippen LogP contribution is 2.28. The molecule has 0 radical (unpaired) electrons. The normalized spacial score (nSPS) is 18.2. The van der Waals surface area contributed by atoms with Crippen molar-refractivity contribution >= 4 is 11.0 Å². The van der Waals surface area contributed by atoms with E-state index in [-0.39, 0.29) is 0 Å². The summed E-state index contributed by atoms with van der Waals surface area (Å²) in [5.74, 6) is 1.04. The molecule has 0 bridgehead atoms. The Bertz CT molecular complexity index is 839. The third-order valence-electron chi connectivity index (χ3n) is 5.52. The third-order valence-corrected chi connectivity index (χ3v) is 5.52. The first-order valence-corrected chi connectivity index (χ1v) is 10.2. The molecular weight excluding hydrogens is 334 g/mol. The maximum atomic E-state index is 5.80. The molecule has 4 N–H and O–H groups in total. The van der Waals surface area contributed by atoms with Gasteiger partial charge in [0.05, 0.1) is 16.7 Å². The Hall–Kier alpha value is -2.24. The van der Waals surface area contributed by atoms with Crippen LogP contribution in [-0.2, 0) is 12.8 Å². The number of aromatic amines is 1. The minimum absolute atomic E-state index is 0.316. The van der Waals surface area contributed by atoms with Crippen molar-refractivity contribution in [1.29, 1.82) is 0 Å². The molecule has 0 spiro atoms. The van der Waals surface area contributed by atoms with E-state index in [9.17, 15) is 0 Å². The standard InChI is InChI=1S/C22H29N5/c23-13-5-9-17(15-21-26-18-10-3-4-11-19(18)27-21)25-20-12-2-1-7-16-8-6-14-24-22(16)20/h3-4,6,8,10-11,14,17,20,25H,1-2,5,7,9,12-13,15,23H2,(H,26,27). The summed E-state index contributed by atoms with van der Waals surface area (Å²) in [6.45, 7) is 0.720. The van der Waals surface area contributed by atoms with Crippen molar-refractivity contribution in [2.45, 2.75) is 57.0 Å². The first kappa shape index (κ1) is 18.1. The number of nitrogens with zero attached hydrogens (tertiary/aromatic N) is 2. The van der Waals surface area contributed by atoms with Crippen LogP contribution in [0.3, 0.4) is 0 Å². The number of rotatable bonds is 7. The van der Waals surface area contributed by atoms with Gasteiger partial charge in [-0.25, -0.2) is 4.98 Å². The van der Waals surface area contributed by atoms with Crippen LogP contribution in [0.2, 0.25) is 0 Å². The number of benzene rings is 1. The fourth-order valence-electron chi connectivity index (χ4n) is 4.17. The molecule has 0 saturated carbocycles. The van der Waals surface area contributed by atoms with Crippen molar-refractivity contribution in [1.82, 2.24) is 20.3 Å². The van der Waals surface area contributed by atoms with Crippen molar-refractivity contribution in [3.05, 3.63) is 59.7 Å². The summed E-state index contributed by atoms with van der Waals surface area (Å²) in [5.41, 5.74) is 10.6. The number of hydrogen-bond acceptors (Lipinski definition) is 4. The highest BCUT2D eigenvalue weighted by atomic mass is 15.0. The van der Waals surface area contributed by atoms with Gasteiger partial charge in [0, 0.05) is 24.7 Å². The van der Waals surface area contributed by atoms with E-state index in [1.807, 2.05) is 18.3 Å². The van der Waals surface area contributed by atoms with Gasteiger partial charge in [0.15, 0.2) is 0 Å². The van der Waals surface area contributed by atoms with Crippen molar-refractivity contribution in [2.75, 3.05) is 6.54 Å². The van der Waals surface area contributed by atoms with Crippen molar-refractivity contribution in [2.24, 2.45) is 5.73 Å². The smallest absolute Gasteiger partial charge is 0.108 e. The Morgan fingerprint density at radius 2 is 2.11 bits per heavy atom. The molecular formula is C22H29N5. The summed E-state index contributed by atoms with van der Waals surface area (Å²) in [5, 5.41) is 3.90. The number of hydrogen-bond donors (Lipinski definition) is 3. The summed E-state index contributed by atoms with van der Waals surface area (Å²) >= 11 is 0. The molecule has 2 aromatic heterocycles. The van der Waals surface area contributed by atoms with Crippen LogP contribution in [0.25, 0.3) is 11.0 Å². The number of pyridine rings is 1. The highest BCUT2D eigenvalue weighted by molar-refractivity contribution is 5.74. The minimum Gasteiger partial charge on any atom is -0.342 e. The summed E-state index contributed by atoms with van der Waals surface area (Å²) in [6.07, 6.45) is 9.63. The van der Waals surface area contributed by atoms with E-state index in [0.717, 1.165) is 55.5 Å². The molecule has 5 heteroatoms. The summed E-state index contributed by atoms with van der Waals surface area (Å²) < 4.78 is 0. The molecule has 0 aliphatic heterocycles. The Labute approximate surface area is 160 Å². The fourth-order valence-corrected chi connectivity index (χ4v) is 4.17. The molecule has 2 atom stereocenters. The highest BCUT2D eigenvalue weighted by Gasteiger charge is 2.23. The zero-order valence-corrected chi connectivity index (χ0v) is 15.8. The van der Waals surface area contributed by atoms with Crippen LogP contribution < -0.4 is 11.1 Å². The second kappa shape index (κ2) is 8.63. The van der Waals surface area contributed by atoms with Gasteiger partial charge in [0.25, 0.3) is 0 Å². The molecule has 3 aromatic rings. The maximum Gasteiger partial charge on any atom is 0.108 e. The van der Waals surface area contributed by atoms with Gasteiger partial charge in [-0.15, -0.1) is 0 Å². The second-order valence-electron chi connectivity index (χ2n) is 7.55. The van der Waals surface area contributed by atoms with Crippen LogP contribution in [0.15, 0.2) is 42.6 Å². The van der Waals surface area contributed by atoms with Crippen LogP contribution in [0, 0.1) is 0 Å². The van der Waals surface area contributed by atoms with Gasteiger partial charge in [-0.2, -0.15) is 0 Å². The Morgan fingerprint density at radius 1 is 1.19 bits per heavy atom. The van der Waals surface area contributed by atoms with Crippen molar-refractivity contribution in [3.8, 4) is 0 Å². The molecule has 2 unspecified atom stereocenters. The van der Waals surface area contributed by atoms with E-state index in [4.69, 9.17) is 15.7 Å². The lowest BCUT2D eigenvalue weighted by atomic mass is 10.0. The van der Waals surface area contributed by atoms with Crippen LogP contribution in [0.5, 0.6) is 0 Å². The summed E-state index contributed by atoms with van der Waals surface area (Å²) in [7, 11) is 0. The SMILES string of the molecule is NCCCC(Cc1nc2ccccc2[nH]1)NC1CCCCc2cccnc21. The zero-order valence-electron chi connectivity index (χ0n) is 15.8. The van der Waals surface area contributed by atoms with Crippen LogP contribution >= 0.6 is 0 Å². The third kappa shape index (κ3) is 4.37. The average Bonchev–Trinajstić information content (AvgIpc) is 3.00. The molecule has 4 rings (SSSR count). The lowest BCUT2D eigenvalue weighted by Crippen LogP contribution is -2.36. The predicted octanol–water partition coefficient (Wildman–Crippen LogP) is 3.67. The monoisotopic (exact) mass is 363 g/mol. The first-order chi connectivity index (χ1) is 13.3. The number of para-hydroxylation sites is 2. The first-order valence-electron chi connectivity index (χ1n) is 10.2. The number of fused-ring (bicyclic) bond motifs is 2. The summed E-state index contributed by atoms with van der Waals surface area (Å²) in [4.78, 5) is 13.0. The molecule has 1 aliphatic rings. The molecule has 27 heavy (non-hydrogen) atoms. The zero-order chi connectivity index (χ0) is 18.5. The van der Waals surface area contributed by atoms with E-state index >= 15 is 0 Å². The van der Waals surface area contributed by atoms with Crippen molar-refractivity contribution < 1.29 is 0 Å². The van der Waals surface area contributed by atoms with Gasteiger partial charge in [-0.3, -0.25) is 4.98 Å². The van der Waals surface area contributed by atoms with E-state index < -0.39 is 0 Å². The van der Waals surface area contributed by atoms with Gasteiger partial charge in [0.1, 0.15) is 5.82 Å². The van der Waals surface area contributed by atoms with E-state index in [1.165, 1.54) is 24.1 Å². The molecule has 2 heterocycles. The largest absolute Gasteiger partial charge is 0.342 e. The molecule has 5 nitrogen and oxygen atoms in total. The fraction of sp³-hybridized carbons (Fsp3) is 0.455. The number of aromatic nitrogens is 3. The molecule has 0 fully saturated rings. The number of nitrogens with two attached hydrogens (primary N) is 1. The Kier molecular flexibility index (Phi) is 5.80. The van der Waals surface area contributed by atoms with Crippen LogP contribution in [0.1, 0.15) is 55.2 Å². The Morgan fingerprint density at radius 3 is 3.00 bits per heavy atom. The van der Waals surface area contributed by atoms with Gasteiger partial charge < -0.3 is 16.0 Å². The van der Waals surface area contributed by atoms with Crippen LogP contribution in [0.4, 0.5) is 0 Å². The lowest BCUT2D eigenvalue weighted by molar-refractivity contribution is 0.379. The summed E-state index contributed by atoms with van der Waals surface area (Å²) in [6, 6.07) is 13.2. The minimum atomic E-state index is 0.316. The number of H-pyrrole nitrogens is 1. The van der Waals surface area contributed by atoms with E-state index in [1.54, 1.807) is 0 Å². The average molecular weight is 364 g/mol. The number of imidazole rings is 1. The molecule has 142 valence electrons. The molecule has 1 aliphatic carbocycles.